The van der Waals surface area contributed by atoms with E-state index >= 15 is 0 Å². The van der Waals surface area contributed by atoms with Gasteiger partial charge in [-0.05, 0) is 44.4 Å². The number of para-hydroxylation sites is 1. The lowest BCUT2D eigenvalue weighted by molar-refractivity contribution is -0.139. The van der Waals surface area contributed by atoms with Crippen LogP contribution in [0.4, 0.5) is 5.69 Å². The molecule has 2 saturated heterocycles. The number of carbonyl (C=O) groups is 3. The van der Waals surface area contributed by atoms with Gasteiger partial charge in [0.1, 0.15) is 17.5 Å². The van der Waals surface area contributed by atoms with Crippen molar-refractivity contribution < 1.29 is 14.4 Å². The van der Waals surface area contributed by atoms with Gasteiger partial charge in [0.2, 0.25) is 11.8 Å². The third-order valence-electron chi connectivity index (χ3n) is 6.84. The molecule has 4 rings (SSSR count). The van der Waals surface area contributed by atoms with Gasteiger partial charge in [0.05, 0.1) is 12.7 Å². The summed E-state index contributed by atoms with van der Waals surface area (Å²) in [6.07, 6.45) is 0.989. The Hall–Kier alpha value is -3.06. The Balaban J connectivity index is 1.50. The zero-order chi connectivity index (χ0) is 24.3. The van der Waals surface area contributed by atoms with E-state index in [1.54, 1.807) is 16.7 Å². The standard InChI is InChI=1S/C26H31ClN4O3/c1-19(27)24(33)29-15-13-26(14-16-29)25(34)30(18-31(26)22-11-7-4-8-12-22)17-23(32)28-20(2)21-9-5-3-6-10-21/h3-12,19-20H,13-18H2,1-2H3,(H,28,32). The molecule has 0 bridgehead atoms. The van der Waals surface area contributed by atoms with Crippen LogP contribution in [-0.4, -0.2) is 64.7 Å². The predicted molar refractivity (Wildman–Crippen MR) is 132 cm³/mol. The summed E-state index contributed by atoms with van der Waals surface area (Å²) in [6, 6.07) is 19.4. The SMILES string of the molecule is CC(Cl)C(=O)N1CCC2(CC1)C(=O)N(CC(=O)NC(C)c1ccccc1)CN2c1ccccc1. The van der Waals surface area contributed by atoms with Gasteiger partial charge in [0, 0.05) is 18.8 Å². The lowest BCUT2D eigenvalue weighted by Gasteiger charge is -2.43. The summed E-state index contributed by atoms with van der Waals surface area (Å²) in [5.74, 6) is -0.373. The summed E-state index contributed by atoms with van der Waals surface area (Å²) in [6.45, 7) is 4.83. The fourth-order valence-electron chi connectivity index (χ4n) is 4.96. The molecule has 2 heterocycles. The lowest BCUT2D eigenvalue weighted by atomic mass is 9.85. The molecule has 180 valence electrons. The summed E-state index contributed by atoms with van der Waals surface area (Å²) >= 11 is 6.01. The van der Waals surface area contributed by atoms with Crippen molar-refractivity contribution in [3.63, 3.8) is 0 Å². The monoisotopic (exact) mass is 482 g/mol. The highest BCUT2D eigenvalue weighted by atomic mass is 35.5. The average Bonchev–Trinajstić information content (AvgIpc) is 3.11. The minimum absolute atomic E-state index is 0.0115. The second-order valence-corrected chi connectivity index (χ2v) is 9.74. The largest absolute Gasteiger partial charge is 0.348 e. The molecule has 0 aromatic heterocycles. The number of anilines is 1. The fraction of sp³-hybridized carbons (Fsp3) is 0.423. The molecule has 0 aliphatic carbocycles. The number of nitrogens with zero attached hydrogens (tertiary/aromatic N) is 3. The van der Waals surface area contributed by atoms with E-state index in [9.17, 15) is 14.4 Å². The Morgan fingerprint density at radius 1 is 1.00 bits per heavy atom. The summed E-state index contributed by atoms with van der Waals surface area (Å²) in [4.78, 5) is 44.5. The molecule has 2 aromatic rings. The maximum absolute atomic E-state index is 13.7. The van der Waals surface area contributed by atoms with Crippen LogP contribution >= 0.6 is 11.6 Å². The van der Waals surface area contributed by atoms with E-state index in [2.05, 4.69) is 10.2 Å². The third-order valence-corrected chi connectivity index (χ3v) is 7.02. The van der Waals surface area contributed by atoms with Crippen LogP contribution in [-0.2, 0) is 14.4 Å². The molecule has 3 amide bonds. The normalized spacial score (nSPS) is 19.3. The topological polar surface area (TPSA) is 73.0 Å². The third kappa shape index (κ3) is 4.75. The smallest absolute Gasteiger partial charge is 0.250 e. The van der Waals surface area contributed by atoms with Crippen molar-refractivity contribution in [1.29, 1.82) is 0 Å². The van der Waals surface area contributed by atoms with Gasteiger partial charge < -0.3 is 20.0 Å². The molecular formula is C26H31ClN4O3. The summed E-state index contributed by atoms with van der Waals surface area (Å²) in [7, 11) is 0. The molecule has 2 aromatic carbocycles. The second kappa shape index (κ2) is 10.1. The van der Waals surface area contributed by atoms with Crippen LogP contribution in [0.15, 0.2) is 60.7 Å². The number of hydrogen-bond donors (Lipinski definition) is 1. The first-order valence-corrected chi connectivity index (χ1v) is 12.1. The van der Waals surface area contributed by atoms with Gasteiger partial charge in [-0.3, -0.25) is 14.4 Å². The van der Waals surface area contributed by atoms with E-state index in [1.807, 2.05) is 67.6 Å². The van der Waals surface area contributed by atoms with Crippen molar-refractivity contribution in [2.24, 2.45) is 0 Å². The van der Waals surface area contributed by atoms with E-state index in [1.165, 1.54) is 0 Å². The summed E-state index contributed by atoms with van der Waals surface area (Å²) in [5, 5.41) is 2.41. The number of likely N-dealkylation sites (tertiary alicyclic amines) is 1. The van der Waals surface area contributed by atoms with Gasteiger partial charge in [-0.25, -0.2) is 0 Å². The number of rotatable bonds is 6. The van der Waals surface area contributed by atoms with Crippen molar-refractivity contribution in [2.75, 3.05) is 31.2 Å². The van der Waals surface area contributed by atoms with Crippen molar-refractivity contribution in [2.45, 2.75) is 43.6 Å². The fourth-order valence-corrected chi connectivity index (χ4v) is 5.09. The molecule has 2 atom stereocenters. The Morgan fingerprint density at radius 2 is 1.59 bits per heavy atom. The molecule has 1 spiro atoms. The van der Waals surface area contributed by atoms with Gasteiger partial charge >= 0.3 is 0 Å². The number of piperidine rings is 1. The molecule has 2 unspecified atom stereocenters. The number of halogens is 1. The zero-order valence-corrected chi connectivity index (χ0v) is 20.4. The van der Waals surface area contributed by atoms with E-state index in [4.69, 9.17) is 11.6 Å². The van der Waals surface area contributed by atoms with Crippen LogP contribution < -0.4 is 10.2 Å². The molecule has 7 nitrogen and oxygen atoms in total. The maximum atomic E-state index is 13.7. The molecular weight excluding hydrogens is 452 g/mol. The minimum atomic E-state index is -0.779. The molecule has 1 N–H and O–H groups in total. The zero-order valence-electron chi connectivity index (χ0n) is 19.6. The van der Waals surface area contributed by atoms with Crippen molar-refractivity contribution in [3.05, 3.63) is 66.2 Å². The first-order chi connectivity index (χ1) is 16.3. The molecule has 0 saturated carbocycles. The van der Waals surface area contributed by atoms with Crippen LogP contribution in [0.5, 0.6) is 0 Å². The van der Waals surface area contributed by atoms with Crippen LogP contribution in [0.2, 0.25) is 0 Å². The average molecular weight is 483 g/mol. The van der Waals surface area contributed by atoms with Gasteiger partial charge in [-0.2, -0.15) is 0 Å². The molecule has 2 aliphatic rings. The number of amides is 3. The highest BCUT2D eigenvalue weighted by molar-refractivity contribution is 6.30. The maximum Gasteiger partial charge on any atom is 0.250 e. The predicted octanol–water partition coefficient (Wildman–Crippen LogP) is 3.16. The van der Waals surface area contributed by atoms with Crippen molar-refractivity contribution in [1.82, 2.24) is 15.1 Å². The van der Waals surface area contributed by atoms with E-state index in [0.29, 0.717) is 32.6 Å². The number of carbonyl (C=O) groups excluding carboxylic acids is 3. The number of alkyl halides is 1. The van der Waals surface area contributed by atoms with Gasteiger partial charge in [0.15, 0.2) is 0 Å². The minimum Gasteiger partial charge on any atom is -0.348 e. The molecule has 34 heavy (non-hydrogen) atoms. The number of hydrogen-bond acceptors (Lipinski definition) is 4. The molecule has 2 aliphatic heterocycles. The number of benzene rings is 2. The van der Waals surface area contributed by atoms with E-state index < -0.39 is 10.9 Å². The van der Waals surface area contributed by atoms with E-state index in [0.717, 1.165) is 11.3 Å². The van der Waals surface area contributed by atoms with Crippen molar-refractivity contribution in [3.8, 4) is 0 Å². The summed E-state index contributed by atoms with van der Waals surface area (Å²) < 4.78 is 0. The summed E-state index contributed by atoms with van der Waals surface area (Å²) in [5.41, 5.74) is 1.16. The highest BCUT2D eigenvalue weighted by Gasteiger charge is 2.54. The Bertz CT molecular complexity index is 1020. The second-order valence-electron chi connectivity index (χ2n) is 9.08. The van der Waals surface area contributed by atoms with Crippen LogP contribution in [0, 0.1) is 0 Å². The lowest BCUT2D eigenvalue weighted by Crippen LogP contribution is -2.58. The Labute approximate surface area is 205 Å². The van der Waals surface area contributed by atoms with Crippen molar-refractivity contribution >= 4 is 35.0 Å². The highest BCUT2D eigenvalue weighted by Crippen LogP contribution is 2.39. The van der Waals surface area contributed by atoms with Crippen LogP contribution in [0.3, 0.4) is 0 Å². The first-order valence-electron chi connectivity index (χ1n) is 11.7. The van der Waals surface area contributed by atoms with E-state index in [-0.39, 0.29) is 30.3 Å². The Kier molecular flexibility index (Phi) is 7.12. The number of nitrogens with one attached hydrogen (secondary N) is 1. The first kappa shape index (κ1) is 24.1. The Morgan fingerprint density at radius 3 is 2.18 bits per heavy atom. The quantitative estimate of drug-likeness (QED) is 0.642. The van der Waals surface area contributed by atoms with Gasteiger partial charge in [0.25, 0.3) is 5.91 Å². The van der Waals surface area contributed by atoms with Gasteiger partial charge in [-0.1, -0.05) is 48.5 Å². The van der Waals surface area contributed by atoms with Crippen LogP contribution in [0.25, 0.3) is 0 Å². The van der Waals surface area contributed by atoms with Crippen LogP contribution in [0.1, 0.15) is 38.3 Å². The van der Waals surface area contributed by atoms with Gasteiger partial charge in [-0.15, -0.1) is 11.6 Å². The molecule has 0 radical (unpaired) electrons. The molecule has 2 fully saturated rings. The molecule has 8 heteroatoms.